The van der Waals surface area contributed by atoms with Crippen molar-refractivity contribution in [2.24, 2.45) is 0 Å². The summed E-state index contributed by atoms with van der Waals surface area (Å²) in [6.07, 6.45) is 1.46. The van der Waals surface area contributed by atoms with Crippen molar-refractivity contribution in [1.29, 1.82) is 0 Å². The summed E-state index contributed by atoms with van der Waals surface area (Å²) in [6, 6.07) is 3.91. The average molecular weight is 190 g/mol. The lowest BCUT2D eigenvalue weighted by atomic mass is 10.2. The van der Waals surface area contributed by atoms with Crippen LogP contribution in [0.5, 0.6) is 5.75 Å². The lowest BCUT2D eigenvalue weighted by Gasteiger charge is -2.04. The molecule has 0 amide bonds. The second-order valence-corrected chi connectivity index (χ2v) is 3.31. The fourth-order valence-electron chi connectivity index (χ4n) is 1.66. The van der Waals surface area contributed by atoms with E-state index in [4.69, 9.17) is 9.15 Å². The molecule has 1 aromatic heterocycles. The van der Waals surface area contributed by atoms with Crippen LogP contribution in [-0.4, -0.2) is 18.1 Å². The van der Waals surface area contributed by atoms with E-state index in [1.807, 2.05) is 12.1 Å². The normalized spacial score (nSPS) is 16.0. The fourth-order valence-corrected chi connectivity index (χ4v) is 1.66. The highest BCUT2D eigenvalue weighted by Crippen LogP contribution is 2.26. The van der Waals surface area contributed by atoms with E-state index in [1.165, 1.54) is 6.39 Å². The molecule has 1 aliphatic rings. The molecule has 0 spiro atoms. The Bertz CT molecular complexity index is 424. The van der Waals surface area contributed by atoms with E-state index in [1.54, 1.807) is 0 Å². The summed E-state index contributed by atoms with van der Waals surface area (Å²) in [7, 11) is 0. The van der Waals surface area contributed by atoms with Crippen molar-refractivity contribution in [3.8, 4) is 5.75 Å². The third kappa shape index (κ3) is 1.15. The molecule has 0 radical (unpaired) electrons. The highest BCUT2D eigenvalue weighted by molar-refractivity contribution is 5.75. The summed E-state index contributed by atoms with van der Waals surface area (Å²) >= 11 is 0. The summed E-state index contributed by atoms with van der Waals surface area (Å²) in [5.41, 5.74) is 2.81. The fraction of sp³-hybridized carbons (Fsp3) is 0.300. The second kappa shape index (κ2) is 2.99. The molecule has 14 heavy (non-hydrogen) atoms. The highest BCUT2D eigenvalue weighted by atomic mass is 16.5. The Balaban J connectivity index is 2.19. The highest BCUT2D eigenvalue weighted by Gasteiger charge is 2.11. The van der Waals surface area contributed by atoms with Gasteiger partial charge in [0.1, 0.15) is 17.9 Å². The monoisotopic (exact) mass is 190 g/mol. The molecule has 4 heteroatoms. The zero-order chi connectivity index (χ0) is 9.38. The number of aromatic nitrogens is 1. The zero-order valence-corrected chi connectivity index (χ0v) is 7.62. The van der Waals surface area contributed by atoms with Crippen molar-refractivity contribution in [1.82, 2.24) is 10.3 Å². The summed E-state index contributed by atoms with van der Waals surface area (Å²) in [4.78, 5) is 4.11. The maximum absolute atomic E-state index is 5.58. The van der Waals surface area contributed by atoms with Crippen LogP contribution < -0.4 is 10.1 Å². The second-order valence-electron chi connectivity index (χ2n) is 3.31. The summed E-state index contributed by atoms with van der Waals surface area (Å²) in [5.74, 6) is 0.902. The van der Waals surface area contributed by atoms with Gasteiger partial charge in [0.05, 0.1) is 0 Å². The van der Waals surface area contributed by atoms with Crippen LogP contribution in [-0.2, 0) is 6.54 Å². The van der Waals surface area contributed by atoms with Crippen molar-refractivity contribution >= 4 is 11.1 Å². The Labute approximate surface area is 80.9 Å². The Morgan fingerprint density at radius 1 is 1.36 bits per heavy atom. The number of rotatable bonds is 0. The van der Waals surface area contributed by atoms with Crippen LogP contribution >= 0.6 is 0 Å². The minimum absolute atomic E-state index is 0.701. The van der Waals surface area contributed by atoms with E-state index in [0.29, 0.717) is 6.61 Å². The molecule has 1 aliphatic heterocycles. The van der Waals surface area contributed by atoms with E-state index in [0.717, 1.165) is 35.5 Å². The molecular formula is C10H10N2O2. The lowest BCUT2D eigenvalue weighted by molar-refractivity contribution is 0.325. The van der Waals surface area contributed by atoms with Gasteiger partial charge in [-0.15, -0.1) is 0 Å². The van der Waals surface area contributed by atoms with Gasteiger partial charge in [0.2, 0.25) is 0 Å². The summed E-state index contributed by atoms with van der Waals surface area (Å²) in [6.45, 7) is 2.41. The largest absolute Gasteiger partial charge is 0.492 e. The van der Waals surface area contributed by atoms with Crippen LogP contribution in [0.15, 0.2) is 22.9 Å². The molecule has 4 nitrogen and oxygen atoms in total. The van der Waals surface area contributed by atoms with Gasteiger partial charge in [-0.2, -0.15) is 0 Å². The van der Waals surface area contributed by atoms with Crippen molar-refractivity contribution < 1.29 is 9.15 Å². The Hall–Kier alpha value is -1.55. The molecule has 1 aromatic carbocycles. The maximum Gasteiger partial charge on any atom is 0.181 e. The van der Waals surface area contributed by atoms with Gasteiger partial charge in [0.25, 0.3) is 0 Å². The Kier molecular flexibility index (Phi) is 1.67. The predicted molar refractivity (Wildman–Crippen MR) is 51.2 cm³/mol. The number of oxazole rings is 1. The van der Waals surface area contributed by atoms with Gasteiger partial charge in [-0.3, -0.25) is 0 Å². The number of benzene rings is 1. The molecule has 0 saturated carbocycles. The molecule has 72 valence electrons. The summed E-state index contributed by atoms with van der Waals surface area (Å²) in [5, 5.41) is 3.28. The predicted octanol–water partition coefficient (Wildman–Crippen LogP) is 1.31. The van der Waals surface area contributed by atoms with Crippen LogP contribution in [0.2, 0.25) is 0 Å². The first-order chi connectivity index (χ1) is 6.93. The molecule has 1 N–H and O–H groups in total. The quantitative estimate of drug-likeness (QED) is 0.680. The topological polar surface area (TPSA) is 47.3 Å². The standard InChI is InChI=1S/C10H10N2O2/c1-2-13-9-4-10-8(12-6-14-10)3-7(9)5-11-1/h3-4,6,11H,1-2,5H2. The number of nitrogens with one attached hydrogen (secondary N) is 1. The Morgan fingerprint density at radius 3 is 3.36 bits per heavy atom. The lowest BCUT2D eigenvalue weighted by Crippen LogP contribution is -2.16. The van der Waals surface area contributed by atoms with E-state index < -0.39 is 0 Å². The first kappa shape index (κ1) is 7.82. The van der Waals surface area contributed by atoms with Crippen LogP contribution in [0, 0.1) is 0 Å². The third-order valence-corrected chi connectivity index (χ3v) is 2.37. The molecule has 0 unspecified atom stereocenters. The van der Waals surface area contributed by atoms with Crippen LogP contribution in [0.3, 0.4) is 0 Å². The minimum Gasteiger partial charge on any atom is -0.492 e. The Morgan fingerprint density at radius 2 is 2.36 bits per heavy atom. The van der Waals surface area contributed by atoms with Crippen molar-refractivity contribution in [2.75, 3.05) is 13.2 Å². The van der Waals surface area contributed by atoms with Crippen molar-refractivity contribution in [3.05, 3.63) is 24.1 Å². The molecule has 0 saturated heterocycles. The van der Waals surface area contributed by atoms with E-state index in [9.17, 15) is 0 Å². The zero-order valence-electron chi connectivity index (χ0n) is 7.62. The molecule has 2 heterocycles. The van der Waals surface area contributed by atoms with Gasteiger partial charge in [-0.1, -0.05) is 0 Å². The molecule has 0 aliphatic carbocycles. The molecular weight excluding hydrogens is 180 g/mol. The smallest absolute Gasteiger partial charge is 0.181 e. The van der Waals surface area contributed by atoms with E-state index in [2.05, 4.69) is 10.3 Å². The SMILES string of the molecule is c1nc2cc3c(cc2o1)OCCNC3. The van der Waals surface area contributed by atoms with E-state index in [-0.39, 0.29) is 0 Å². The number of fused-ring (bicyclic) bond motifs is 2. The number of ether oxygens (including phenoxy) is 1. The van der Waals surface area contributed by atoms with E-state index >= 15 is 0 Å². The first-order valence-corrected chi connectivity index (χ1v) is 4.63. The number of hydrogen-bond donors (Lipinski definition) is 1. The van der Waals surface area contributed by atoms with Gasteiger partial charge < -0.3 is 14.5 Å². The van der Waals surface area contributed by atoms with Crippen LogP contribution in [0.1, 0.15) is 5.56 Å². The van der Waals surface area contributed by atoms with Gasteiger partial charge >= 0.3 is 0 Å². The number of hydrogen-bond acceptors (Lipinski definition) is 4. The maximum atomic E-state index is 5.58. The van der Waals surface area contributed by atoms with Gasteiger partial charge in [-0.25, -0.2) is 4.98 Å². The molecule has 3 rings (SSSR count). The first-order valence-electron chi connectivity index (χ1n) is 4.63. The summed E-state index contributed by atoms with van der Waals surface area (Å²) < 4.78 is 10.8. The van der Waals surface area contributed by atoms with Gasteiger partial charge in [0.15, 0.2) is 12.0 Å². The number of nitrogens with zero attached hydrogens (tertiary/aromatic N) is 1. The third-order valence-electron chi connectivity index (χ3n) is 2.37. The molecule has 0 atom stereocenters. The van der Waals surface area contributed by atoms with Gasteiger partial charge in [-0.05, 0) is 6.07 Å². The average Bonchev–Trinajstić information content (AvgIpc) is 2.51. The van der Waals surface area contributed by atoms with Crippen molar-refractivity contribution in [3.63, 3.8) is 0 Å². The minimum atomic E-state index is 0.701. The molecule has 2 aromatic rings. The van der Waals surface area contributed by atoms with Crippen molar-refractivity contribution in [2.45, 2.75) is 6.54 Å². The van der Waals surface area contributed by atoms with Gasteiger partial charge in [0, 0.05) is 24.7 Å². The van der Waals surface area contributed by atoms with Crippen LogP contribution in [0.25, 0.3) is 11.1 Å². The molecule has 0 bridgehead atoms. The van der Waals surface area contributed by atoms with Crippen LogP contribution in [0.4, 0.5) is 0 Å². The molecule has 0 fully saturated rings.